The zero-order valence-corrected chi connectivity index (χ0v) is 12.8. The SMILES string of the molecule is CCCC1CNCCN1S(=O)(=O)c1cc(Cl)ccc1F. The zero-order valence-electron chi connectivity index (χ0n) is 11.3. The van der Waals surface area contributed by atoms with Crippen LogP contribution >= 0.6 is 11.6 Å². The molecule has 1 aromatic rings. The molecule has 1 saturated heterocycles. The van der Waals surface area contributed by atoms with E-state index in [1.165, 1.54) is 16.4 Å². The molecule has 1 aliphatic rings. The van der Waals surface area contributed by atoms with Crippen molar-refractivity contribution >= 4 is 21.6 Å². The Hall–Kier alpha value is -0.690. The molecule has 2 rings (SSSR count). The minimum absolute atomic E-state index is 0.142. The van der Waals surface area contributed by atoms with Crippen LogP contribution in [-0.4, -0.2) is 38.4 Å². The third-order valence-electron chi connectivity index (χ3n) is 3.40. The third kappa shape index (κ3) is 3.14. The summed E-state index contributed by atoms with van der Waals surface area (Å²) in [7, 11) is -3.85. The lowest BCUT2D eigenvalue weighted by Crippen LogP contribution is -2.53. The van der Waals surface area contributed by atoms with Gasteiger partial charge in [-0.3, -0.25) is 0 Å². The van der Waals surface area contributed by atoms with E-state index >= 15 is 0 Å². The molecule has 1 N–H and O–H groups in total. The summed E-state index contributed by atoms with van der Waals surface area (Å²) in [5.41, 5.74) is 0. The second-order valence-corrected chi connectivity index (χ2v) is 7.13. The predicted octanol–water partition coefficient (Wildman–Crippen LogP) is 2.24. The van der Waals surface area contributed by atoms with Gasteiger partial charge in [0, 0.05) is 30.7 Å². The van der Waals surface area contributed by atoms with Crippen molar-refractivity contribution in [2.75, 3.05) is 19.6 Å². The third-order valence-corrected chi connectivity index (χ3v) is 5.60. The van der Waals surface area contributed by atoms with Gasteiger partial charge in [0.05, 0.1) is 0 Å². The molecule has 0 spiro atoms. The van der Waals surface area contributed by atoms with Gasteiger partial charge in [0.1, 0.15) is 10.7 Å². The highest BCUT2D eigenvalue weighted by atomic mass is 35.5. The Kier molecular flexibility index (Phi) is 5.01. The van der Waals surface area contributed by atoms with Crippen molar-refractivity contribution < 1.29 is 12.8 Å². The number of hydrogen-bond donors (Lipinski definition) is 1. The molecular formula is C13H18ClFN2O2S. The highest BCUT2D eigenvalue weighted by molar-refractivity contribution is 7.89. The topological polar surface area (TPSA) is 49.4 Å². The van der Waals surface area contributed by atoms with Crippen molar-refractivity contribution in [3.05, 3.63) is 29.0 Å². The van der Waals surface area contributed by atoms with Crippen LogP contribution in [0.4, 0.5) is 4.39 Å². The lowest BCUT2D eigenvalue weighted by molar-refractivity contribution is 0.253. The maximum absolute atomic E-state index is 13.9. The number of nitrogens with one attached hydrogen (secondary N) is 1. The van der Waals surface area contributed by atoms with Gasteiger partial charge in [0.25, 0.3) is 0 Å². The van der Waals surface area contributed by atoms with Gasteiger partial charge in [-0.25, -0.2) is 12.8 Å². The van der Waals surface area contributed by atoms with Crippen LogP contribution in [-0.2, 0) is 10.0 Å². The van der Waals surface area contributed by atoms with Gasteiger partial charge in [-0.2, -0.15) is 4.31 Å². The van der Waals surface area contributed by atoms with Crippen molar-refractivity contribution in [1.29, 1.82) is 0 Å². The summed E-state index contributed by atoms with van der Waals surface area (Å²) in [6, 6.07) is 3.47. The largest absolute Gasteiger partial charge is 0.314 e. The van der Waals surface area contributed by atoms with Crippen LogP contribution in [0.5, 0.6) is 0 Å². The molecule has 0 saturated carbocycles. The highest BCUT2D eigenvalue weighted by Crippen LogP contribution is 2.26. The van der Waals surface area contributed by atoms with Crippen molar-refractivity contribution in [2.24, 2.45) is 0 Å². The molecule has 0 bridgehead atoms. The van der Waals surface area contributed by atoms with Gasteiger partial charge in [0.15, 0.2) is 0 Å². The molecule has 0 amide bonds. The standard InChI is InChI=1S/C13H18ClFN2O2S/c1-2-3-11-9-16-6-7-17(11)20(18,19)13-8-10(14)4-5-12(13)15/h4-5,8,11,16H,2-3,6-7,9H2,1H3. The van der Waals surface area contributed by atoms with Crippen LogP contribution in [0, 0.1) is 5.82 Å². The highest BCUT2D eigenvalue weighted by Gasteiger charge is 2.34. The van der Waals surface area contributed by atoms with E-state index < -0.39 is 15.8 Å². The van der Waals surface area contributed by atoms with Crippen LogP contribution in [0.3, 0.4) is 0 Å². The van der Waals surface area contributed by atoms with Crippen molar-refractivity contribution in [3.63, 3.8) is 0 Å². The molecule has 1 aliphatic heterocycles. The number of benzene rings is 1. The van der Waals surface area contributed by atoms with E-state index in [1.54, 1.807) is 0 Å². The first kappa shape index (κ1) is 15.7. The normalized spacial score (nSPS) is 21.1. The van der Waals surface area contributed by atoms with Crippen LogP contribution in [0.15, 0.2) is 23.1 Å². The van der Waals surface area contributed by atoms with Gasteiger partial charge < -0.3 is 5.32 Å². The summed E-state index contributed by atoms with van der Waals surface area (Å²) < 4.78 is 40.5. The van der Waals surface area contributed by atoms with Crippen molar-refractivity contribution in [1.82, 2.24) is 9.62 Å². The maximum Gasteiger partial charge on any atom is 0.246 e. The lowest BCUT2D eigenvalue weighted by atomic mass is 10.1. The van der Waals surface area contributed by atoms with E-state index in [0.29, 0.717) is 19.6 Å². The fourth-order valence-corrected chi connectivity index (χ4v) is 4.42. The smallest absolute Gasteiger partial charge is 0.246 e. The Labute approximate surface area is 124 Å². The predicted molar refractivity (Wildman–Crippen MR) is 76.9 cm³/mol. The molecule has 0 aromatic heterocycles. The quantitative estimate of drug-likeness (QED) is 0.925. The van der Waals surface area contributed by atoms with E-state index in [9.17, 15) is 12.8 Å². The zero-order chi connectivity index (χ0) is 14.8. The average Bonchev–Trinajstić information content (AvgIpc) is 2.42. The maximum atomic E-state index is 13.9. The van der Waals surface area contributed by atoms with Crippen molar-refractivity contribution in [3.8, 4) is 0 Å². The van der Waals surface area contributed by atoms with E-state index in [2.05, 4.69) is 5.32 Å². The monoisotopic (exact) mass is 320 g/mol. The minimum Gasteiger partial charge on any atom is -0.314 e. The molecule has 1 heterocycles. The van der Waals surface area contributed by atoms with Crippen LogP contribution in [0.2, 0.25) is 5.02 Å². The summed E-state index contributed by atoms with van der Waals surface area (Å²) in [6.07, 6.45) is 1.62. The first-order valence-corrected chi connectivity index (χ1v) is 8.46. The number of rotatable bonds is 4. The number of sulfonamides is 1. The molecular weight excluding hydrogens is 303 g/mol. The fourth-order valence-electron chi connectivity index (χ4n) is 2.44. The number of halogens is 2. The Morgan fingerprint density at radius 2 is 2.25 bits per heavy atom. The second kappa shape index (κ2) is 6.39. The summed E-state index contributed by atoms with van der Waals surface area (Å²) in [4.78, 5) is -0.340. The molecule has 1 aromatic carbocycles. The molecule has 1 atom stereocenters. The molecule has 1 unspecified atom stereocenters. The molecule has 4 nitrogen and oxygen atoms in total. The molecule has 7 heteroatoms. The van der Waals surface area contributed by atoms with E-state index in [0.717, 1.165) is 18.9 Å². The van der Waals surface area contributed by atoms with Crippen molar-refractivity contribution in [2.45, 2.75) is 30.7 Å². The van der Waals surface area contributed by atoms with Crippen LogP contribution in [0.25, 0.3) is 0 Å². The molecule has 112 valence electrons. The Bertz CT molecular complexity index is 578. The van der Waals surface area contributed by atoms with Gasteiger partial charge in [-0.15, -0.1) is 0 Å². The Balaban J connectivity index is 2.39. The van der Waals surface area contributed by atoms with E-state index in [1.807, 2.05) is 6.92 Å². The van der Waals surface area contributed by atoms with Gasteiger partial charge in [-0.05, 0) is 24.6 Å². The average molecular weight is 321 g/mol. The number of nitrogens with zero attached hydrogens (tertiary/aromatic N) is 1. The second-order valence-electron chi connectivity index (χ2n) is 4.84. The minimum atomic E-state index is -3.85. The van der Waals surface area contributed by atoms with Crippen LogP contribution in [0.1, 0.15) is 19.8 Å². The van der Waals surface area contributed by atoms with Gasteiger partial charge in [-0.1, -0.05) is 24.9 Å². The van der Waals surface area contributed by atoms with Gasteiger partial charge >= 0.3 is 0 Å². The first-order valence-electron chi connectivity index (χ1n) is 6.64. The van der Waals surface area contributed by atoms with E-state index in [-0.39, 0.29) is 16.0 Å². The molecule has 1 fully saturated rings. The van der Waals surface area contributed by atoms with E-state index in [4.69, 9.17) is 11.6 Å². The number of hydrogen-bond acceptors (Lipinski definition) is 3. The van der Waals surface area contributed by atoms with Crippen LogP contribution < -0.4 is 5.32 Å². The summed E-state index contributed by atoms with van der Waals surface area (Å²) >= 11 is 5.80. The molecule has 0 aliphatic carbocycles. The Morgan fingerprint density at radius 3 is 2.95 bits per heavy atom. The lowest BCUT2D eigenvalue weighted by Gasteiger charge is -2.35. The summed E-state index contributed by atoms with van der Waals surface area (Å²) in [5.74, 6) is -0.761. The summed E-state index contributed by atoms with van der Waals surface area (Å²) in [5, 5.41) is 3.39. The molecule has 20 heavy (non-hydrogen) atoms. The van der Waals surface area contributed by atoms with Gasteiger partial charge in [0.2, 0.25) is 10.0 Å². The fraction of sp³-hybridized carbons (Fsp3) is 0.538. The number of piperazine rings is 1. The summed E-state index contributed by atoms with van der Waals surface area (Å²) in [6.45, 7) is 3.51. The first-order chi connectivity index (χ1) is 9.46. The molecule has 0 radical (unpaired) electrons. The Morgan fingerprint density at radius 1 is 1.50 bits per heavy atom.